The Hall–Kier alpha value is -1.56. The van der Waals surface area contributed by atoms with Crippen LogP contribution >= 0.6 is 11.6 Å². The van der Waals surface area contributed by atoms with E-state index in [1.165, 1.54) is 0 Å². The molecule has 0 aliphatic heterocycles. The van der Waals surface area contributed by atoms with Crippen LogP contribution in [0.2, 0.25) is 5.02 Å². The molecule has 1 aromatic carbocycles. The third-order valence-corrected chi connectivity index (χ3v) is 2.84. The van der Waals surface area contributed by atoms with Crippen LogP contribution in [0.4, 0.5) is 5.82 Å². The molecule has 0 fully saturated rings. The van der Waals surface area contributed by atoms with E-state index in [0.29, 0.717) is 17.3 Å². The summed E-state index contributed by atoms with van der Waals surface area (Å²) in [5.41, 5.74) is 10.4. The Morgan fingerprint density at radius 2 is 2.29 bits per heavy atom. The number of benzene rings is 1. The average Bonchev–Trinajstić information content (AvgIpc) is 2.72. The molecule has 0 saturated heterocycles. The Labute approximate surface area is 104 Å². The molecule has 6 heteroatoms. The third kappa shape index (κ3) is 2.76. The fourth-order valence-corrected chi connectivity index (χ4v) is 1.95. The van der Waals surface area contributed by atoms with Gasteiger partial charge in [0, 0.05) is 10.6 Å². The molecular formula is C11H14ClN5. The first-order valence-electron chi connectivity index (χ1n) is 5.20. The molecule has 2 rings (SSSR count). The van der Waals surface area contributed by atoms with Crippen LogP contribution < -0.4 is 17.0 Å². The Kier molecular flexibility index (Phi) is 3.63. The molecular weight excluding hydrogens is 238 g/mol. The summed E-state index contributed by atoms with van der Waals surface area (Å²) in [4.78, 5) is 0. The summed E-state index contributed by atoms with van der Waals surface area (Å²) in [6.45, 7) is 0. The van der Waals surface area contributed by atoms with Crippen molar-refractivity contribution in [2.24, 2.45) is 5.84 Å². The number of hydrogen-bond acceptors (Lipinski definition) is 4. The molecule has 6 N–H and O–H groups in total. The molecule has 0 spiro atoms. The SMILES string of the molecule is NNC(Cc1cccc(Cl)c1)c1cn[nH]c1N. The molecule has 90 valence electrons. The first-order chi connectivity index (χ1) is 8.20. The first kappa shape index (κ1) is 11.9. The number of nitrogen functional groups attached to an aromatic ring is 1. The van der Waals surface area contributed by atoms with E-state index < -0.39 is 0 Å². The minimum Gasteiger partial charge on any atom is -0.384 e. The molecule has 0 amide bonds. The maximum Gasteiger partial charge on any atom is 0.123 e. The first-order valence-corrected chi connectivity index (χ1v) is 5.58. The molecule has 0 aliphatic rings. The largest absolute Gasteiger partial charge is 0.384 e. The van der Waals surface area contributed by atoms with Crippen LogP contribution in [0, 0.1) is 0 Å². The smallest absolute Gasteiger partial charge is 0.123 e. The summed E-state index contributed by atoms with van der Waals surface area (Å²) in [6.07, 6.45) is 2.37. The van der Waals surface area contributed by atoms with Crippen molar-refractivity contribution in [2.75, 3.05) is 5.73 Å². The molecule has 0 aliphatic carbocycles. The quantitative estimate of drug-likeness (QED) is 0.488. The van der Waals surface area contributed by atoms with E-state index in [2.05, 4.69) is 15.6 Å². The maximum absolute atomic E-state index is 5.93. The topological polar surface area (TPSA) is 92.7 Å². The van der Waals surface area contributed by atoms with Crippen molar-refractivity contribution in [3.8, 4) is 0 Å². The highest BCUT2D eigenvalue weighted by Gasteiger charge is 2.15. The number of nitrogens with one attached hydrogen (secondary N) is 2. The Morgan fingerprint density at radius 3 is 2.88 bits per heavy atom. The van der Waals surface area contributed by atoms with Crippen LogP contribution in [0.15, 0.2) is 30.5 Å². The van der Waals surface area contributed by atoms with Crippen molar-refractivity contribution in [3.05, 3.63) is 46.6 Å². The van der Waals surface area contributed by atoms with E-state index in [0.717, 1.165) is 11.1 Å². The predicted octanol–water partition coefficient (Wildman–Crippen LogP) is 1.39. The molecule has 5 nitrogen and oxygen atoms in total. The van der Waals surface area contributed by atoms with Gasteiger partial charge in [0.25, 0.3) is 0 Å². The summed E-state index contributed by atoms with van der Waals surface area (Å²) in [5, 5.41) is 7.27. The molecule has 1 heterocycles. The molecule has 1 atom stereocenters. The zero-order chi connectivity index (χ0) is 12.3. The van der Waals surface area contributed by atoms with Gasteiger partial charge >= 0.3 is 0 Å². The van der Waals surface area contributed by atoms with Crippen molar-refractivity contribution < 1.29 is 0 Å². The standard InChI is InChI=1S/C11H14ClN5/c12-8-3-1-2-7(4-8)5-10(16-14)9-6-15-17-11(9)13/h1-4,6,10,16H,5,14H2,(H3,13,15,17). The second-order valence-electron chi connectivity index (χ2n) is 3.79. The second kappa shape index (κ2) is 5.18. The second-order valence-corrected chi connectivity index (χ2v) is 4.23. The summed E-state index contributed by atoms with van der Waals surface area (Å²) in [7, 11) is 0. The van der Waals surface area contributed by atoms with Crippen LogP contribution in [0.1, 0.15) is 17.2 Å². The molecule has 0 saturated carbocycles. The zero-order valence-electron chi connectivity index (χ0n) is 9.15. The van der Waals surface area contributed by atoms with Gasteiger partial charge in [0.15, 0.2) is 0 Å². The van der Waals surface area contributed by atoms with Gasteiger partial charge in [-0.15, -0.1) is 0 Å². The normalized spacial score (nSPS) is 12.6. The Morgan fingerprint density at radius 1 is 1.47 bits per heavy atom. The Balaban J connectivity index is 2.19. The van der Waals surface area contributed by atoms with Crippen LogP contribution in [-0.4, -0.2) is 10.2 Å². The summed E-state index contributed by atoms with van der Waals surface area (Å²) < 4.78 is 0. The molecule has 1 aromatic heterocycles. The number of nitrogens with two attached hydrogens (primary N) is 2. The van der Waals surface area contributed by atoms with Crippen LogP contribution in [0.3, 0.4) is 0 Å². The number of rotatable bonds is 4. The summed E-state index contributed by atoms with van der Waals surface area (Å²) in [5.74, 6) is 6.06. The van der Waals surface area contributed by atoms with Gasteiger partial charge in [-0.2, -0.15) is 5.10 Å². The van der Waals surface area contributed by atoms with E-state index in [4.69, 9.17) is 23.2 Å². The number of halogens is 1. The van der Waals surface area contributed by atoms with Gasteiger partial charge in [0.05, 0.1) is 12.2 Å². The van der Waals surface area contributed by atoms with E-state index >= 15 is 0 Å². The number of aromatic nitrogens is 2. The third-order valence-electron chi connectivity index (χ3n) is 2.61. The minimum atomic E-state index is -0.0905. The average molecular weight is 252 g/mol. The van der Waals surface area contributed by atoms with Crippen LogP contribution in [0.5, 0.6) is 0 Å². The van der Waals surface area contributed by atoms with E-state index in [1.54, 1.807) is 6.20 Å². The number of H-pyrrole nitrogens is 1. The lowest BCUT2D eigenvalue weighted by atomic mass is 10.0. The van der Waals surface area contributed by atoms with Crippen molar-refractivity contribution in [1.82, 2.24) is 15.6 Å². The van der Waals surface area contributed by atoms with Gasteiger partial charge in [-0.3, -0.25) is 16.4 Å². The Bertz CT molecular complexity index is 496. The highest BCUT2D eigenvalue weighted by molar-refractivity contribution is 6.30. The summed E-state index contributed by atoms with van der Waals surface area (Å²) >= 11 is 5.93. The number of nitrogens with zero attached hydrogens (tertiary/aromatic N) is 1. The highest BCUT2D eigenvalue weighted by Crippen LogP contribution is 2.22. The number of hydrogen-bond donors (Lipinski definition) is 4. The lowest BCUT2D eigenvalue weighted by molar-refractivity contribution is 0.553. The fraction of sp³-hybridized carbons (Fsp3) is 0.182. The lowest BCUT2D eigenvalue weighted by Gasteiger charge is -2.15. The summed E-state index contributed by atoms with van der Waals surface area (Å²) in [6, 6.07) is 7.55. The van der Waals surface area contributed by atoms with Crippen molar-refractivity contribution >= 4 is 17.4 Å². The van der Waals surface area contributed by atoms with E-state index in [-0.39, 0.29) is 6.04 Å². The highest BCUT2D eigenvalue weighted by atomic mass is 35.5. The molecule has 1 unspecified atom stereocenters. The maximum atomic E-state index is 5.93. The minimum absolute atomic E-state index is 0.0905. The lowest BCUT2D eigenvalue weighted by Crippen LogP contribution is -2.29. The van der Waals surface area contributed by atoms with Crippen molar-refractivity contribution in [1.29, 1.82) is 0 Å². The van der Waals surface area contributed by atoms with Gasteiger partial charge in [-0.25, -0.2) is 0 Å². The van der Waals surface area contributed by atoms with Crippen molar-refractivity contribution in [2.45, 2.75) is 12.5 Å². The molecule has 2 aromatic rings. The van der Waals surface area contributed by atoms with Crippen molar-refractivity contribution in [3.63, 3.8) is 0 Å². The van der Waals surface area contributed by atoms with Gasteiger partial charge in [-0.05, 0) is 24.1 Å². The molecule has 0 radical (unpaired) electrons. The number of anilines is 1. The monoisotopic (exact) mass is 251 g/mol. The van der Waals surface area contributed by atoms with Crippen LogP contribution in [-0.2, 0) is 6.42 Å². The zero-order valence-corrected chi connectivity index (χ0v) is 9.91. The number of aromatic amines is 1. The van der Waals surface area contributed by atoms with Crippen LogP contribution in [0.25, 0.3) is 0 Å². The predicted molar refractivity (Wildman–Crippen MR) is 68.2 cm³/mol. The van der Waals surface area contributed by atoms with Gasteiger partial charge < -0.3 is 5.73 Å². The van der Waals surface area contributed by atoms with Gasteiger partial charge in [0.1, 0.15) is 5.82 Å². The van der Waals surface area contributed by atoms with E-state index in [1.807, 2.05) is 24.3 Å². The van der Waals surface area contributed by atoms with E-state index in [9.17, 15) is 0 Å². The molecule has 0 bridgehead atoms. The van der Waals surface area contributed by atoms with Gasteiger partial charge in [-0.1, -0.05) is 23.7 Å². The van der Waals surface area contributed by atoms with Gasteiger partial charge in [0.2, 0.25) is 0 Å². The molecule has 17 heavy (non-hydrogen) atoms. The fourth-order valence-electron chi connectivity index (χ4n) is 1.74. The number of hydrazine groups is 1.